The van der Waals surface area contributed by atoms with Crippen LogP contribution in [0.15, 0.2) is 48.5 Å². The quantitative estimate of drug-likeness (QED) is 0.794. The molecule has 7 rings (SSSR count). The van der Waals surface area contributed by atoms with Crippen molar-refractivity contribution in [1.82, 2.24) is 0 Å². The van der Waals surface area contributed by atoms with Crippen LogP contribution >= 0.6 is 0 Å². The summed E-state index contributed by atoms with van der Waals surface area (Å²) in [7, 11) is 0. The van der Waals surface area contributed by atoms with E-state index in [-0.39, 0.29) is 12.1 Å². The van der Waals surface area contributed by atoms with Crippen LogP contribution in [-0.4, -0.2) is 16.7 Å². The Labute approximate surface area is 159 Å². The van der Waals surface area contributed by atoms with E-state index in [1.165, 1.54) is 6.42 Å². The van der Waals surface area contributed by atoms with Crippen molar-refractivity contribution < 1.29 is 14.6 Å². The number of esters is 1. The van der Waals surface area contributed by atoms with E-state index in [0.29, 0.717) is 18.3 Å². The van der Waals surface area contributed by atoms with Crippen molar-refractivity contribution in [2.24, 2.45) is 17.3 Å². The predicted molar refractivity (Wildman–Crippen MR) is 102 cm³/mol. The van der Waals surface area contributed by atoms with Gasteiger partial charge in [-0.1, -0.05) is 48.5 Å². The molecule has 5 aliphatic rings. The topological polar surface area (TPSA) is 46.5 Å². The van der Waals surface area contributed by atoms with Gasteiger partial charge >= 0.3 is 5.97 Å². The number of ether oxygens (including phenoxy) is 1. The minimum absolute atomic E-state index is 0.0912. The van der Waals surface area contributed by atoms with Crippen LogP contribution in [-0.2, 0) is 9.53 Å². The van der Waals surface area contributed by atoms with Gasteiger partial charge in [0, 0.05) is 11.1 Å². The highest BCUT2D eigenvalue weighted by molar-refractivity contribution is 5.82. The van der Waals surface area contributed by atoms with Gasteiger partial charge in [0.05, 0.1) is 11.0 Å². The zero-order valence-corrected chi connectivity index (χ0v) is 15.4. The Morgan fingerprint density at radius 2 is 1.44 bits per heavy atom. The lowest BCUT2D eigenvalue weighted by Crippen LogP contribution is -2.58. The zero-order chi connectivity index (χ0) is 18.2. The molecular formula is C24H24O3. The molecule has 3 nitrogen and oxygen atoms in total. The maximum absolute atomic E-state index is 13.5. The molecule has 0 saturated heterocycles. The minimum Gasteiger partial charge on any atom is -0.452 e. The third-order valence-corrected chi connectivity index (χ3v) is 7.46. The van der Waals surface area contributed by atoms with Crippen LogP contribution in [0, 0.1) is 17.3 Å². The van der Waals surface area contributed by atoms with E-state index < -0.39 is 11.0 Å². The molecule has 4 fully saturated rings. The van der Waals surface area contributed by atoms with Crippen LogP contribution in [0.25, 0.3) is 11.1 Å². The Morgan fingerprint density at radius 1 is 0.889 bits per heavy atom. The lowest BCUT2D eigenvalue weighted by atomic mass is 9.48. The summed E-state index contributed by atoms with van der Waals surface area (Å²) in [6.07, 6.45) is 4.95. The molecule has 0 aliphatic heterocycles. The lowest BCUT2D eigenvalue weighted by molar-refractivity contribution is -0.198. The number of fused-ring (bicyclic) bond motifs is 3. The van der Waals surface area contributed by atoms with Gasteiger partial charge in [0.1, 0.15) is 0 Å². The van der Waals surface area contributed by atoms with Gasteiger partial charge in [-0.15, -0.1) is 0 Å². The Hall–Kier alpha value is -2.13. The van der Waals surface area contributed by atoms with Gasteiger partial charge in [-0.05, 0) is 61.5 Å². The Morgan fingerprint density at radius 3 is 2.00 bits per heavy atom. The summed E-state index contributed by atoms with van der Waals surface area (Å²) in [5.41, 5.74) is 3.36. The van der Waals surface area contributed by atoms with E-state index in [9.17, 15) is 9.90 Å². The number of hydrogen-bond acceptors (Lipinski definition) is 3. The van der Waals surface area contributed by atoms with Crippen LogP contribution in [0.3, 0.4) is 0 Å². The first-order valence-corrected chi connectivity index (χ1v) is 10.2. The molecule has 5 aliphatic carbocycles. The van der Waals surface area contributed by atoms with Gasteiger partial charge in [0.15, 0.2) is 6.10 Å². The second-order valence-corrected chi connectivity index (χ2v) is 9.43. The summed E-state index contributed by atoms with van der Waals surface area (Å²) in [5, 5.41) is 11.0. The molecule has 1 N–H and O–H groups in total. The monoisotopic (exact) mass is 360 g/mol. The van der Waals surface area contributed by atoms with Crippen molar-refractivity contribution in [3.8, 4) is 11.1 Å². The normalized spacial score (nSPS) is 35.7. The third-order valence-electron chi connectivity index (χ3n) is 7.46. The first-order chi connectivity index (χ1) is 13.1. The van der Waals surface area contributed by atoms with Gasteiger partial charge in [-0.25, -0.2) is 0 Å². The molecule has 2 atom stereocenters. The van der Waals surface area contributed by atoms with E-state index in [1.807, 2.05) is 24.3 Å². The highest BCUT2D eigenvalue weighted by Crippen LogP contribution is 2.62. The summed E-state index contributed by atoms with van der Waals surface area (Å²) < 4.78 is 6.24. The van der Waals surface area contributed by atoms with E-state index >= 15 is 0 Å². The lowest BCUT2D eigenvalue weighted by Gasteiger charge is -2.58. The second-order valence-electron chi connectivity index (χ2n) is 9.43. The number of carbonyl (C=O) groups is 1. The number of aliphatic hydroxyl groups is 1. The van der Waals surface area contributed by atoms with Gasteiger partial charge in [-0.2, -0.15) is 0 Å². The van der Waals surface area contributed by atoms with E-state index in [2.05, 4.69) is 24.3 Å². The van der Waals surface area contributed by atoms with Crippen molar-refractivity contribution in [3.05, 3.63) is 59.7 Å². The minimum atomic E-state index is -0.644. The van der Waals surface area contributed by atoms with Gasteiger partial charge in [-0.3, -0.25) is 4.79 Å². The summed E-state index contributed by atoms with van der Waals surface area (Å²) in [6.45, 7) is 0. The molecule has 138 valence electrons. The number of carbonyl (C=O) groups excluding carboxylic acids is 1. The van der Waals surface area contributed by atoms with Gasteiger partial charge in [0.2, 0.25) is 0 Å². The molecule has 0 aromatic heterocycles. The van der Waals surface area contributed by atoms with Crippen molar-refractivity contribution in [3.63, 3.8) is 0 Å². The molecule has 4 saturated carbocycles. The molecular weight excluding hydrogens is 336 g/mol. The fourth-order valence-electron chi connectivity index (χ4n) is 6.92. The van der Waals surface area contributed by atoms with Crippen LogP contribution in [0.4, 0.5) is 0 Å². The average Bonchev–Trinajstić information content (AvgIpc) is 2.94. The molecule has 0 heterocycles. The van der Waals surface area contributed by atoms with E-state index in [1.54, 1.807) is 0 Å². The Balaban J connectivity index is 1.36. The highest BCUT2D eigenvalue weighted by Gasteiger charge is 2.61. The van der Waals surface area contributed by atoms with E-state index in [0.717, 1.165) is 47.9 Å². The van der Waals surface area contributed by atoms with Crippen LogP contribution in [0.1, 0.15) is 55.8 Å². The van der Waals surface area contributed by atoms with Gasteiger partial charge in [0.25, 0.3) is 0 Å². The second kappa shape index (κ2) is 5.23. The molecule has 0 unspecified atom stereocenters. The Kier molecular flexibility index (Phi) is 3.08. The Bertz CT molecular complexity index is 887. The smallest absolute Gasteiger partial charge is 0.313 e. The zero-order valence-electron chi connectivity index (χ0n) is 15.4. The summed E-state index contributed by atoms with van der Waals surface area (Å²) >= 11 is 0. The predicted octanol–water partition coefficient (Wildman–Crippen LogP) is 4.63. The largest absolute Gasteiger partial charge is 0.452 e. The summed E-state index contributed by atoms with van der Waals surface area (Å²) in [4.78, 5) is 13.5. The summed E-state index contributed by atoms with van der Waals surface area (Å²) in [6, 6.07) is 16.5. The molecule has 4 bridgehead atoms. The summed E-state index contributed by atoms with van der Waals surface area (Å²) in [5.74, 6) is 0.866. The highest BCUT2D eigenvalue weighted by atomic mass is 16.5. The molecule has 3 heteroatoms. The number of hydrogen-bond donors (Lipinski definition) is 1. The van der Waals surface area contributed by atoms with Crippen molar-refractivity contribution >= 4 is 5.97 Å². The molecule has 2 aromatic carbocycles. The van der Waals surface area contributed by atoms with Crippen LogP contribution < -0.4 is 0 Å². The van der Waals surface area contributed by atoms with E-state index in [4.69, 9.17) is 4.74 Å². The standard InChI is InChI=1S/C24H24O3/c25-22(23-10-15-9-16(11-23)13-24(26,12-15)14-23)27-21-19-7-3-1-5-17(19)18-6-2-4-8-20(18)21/h1-8,15-16,21,26H,9-14H2/t15-,16-,23?,24?/m1/s1. The molecule has 2 aromatic rings. The molecule has 27 heavy (non-hydrogen) atoms. The SMILES string of the molecule is O=C(OC1c2ccccc2-c2ccccc21)C12C[C@H]3C[C@@H](CC(O)(C3)C1)C2. The fourth-order valence-corrected chi connectivity index (χ4v) is 6.92. The number of benzene rings is 2. The van der Waals surface area contributed by atoms with Crippen LogP contribution in [0.2, 0.25) is 0 Å². The van der Waals surface area contributed by atoms with Crippen molar-refractivity contribution in [2.45, 2.75) is 50.2 Å². The maximum atomic E-state index is 13.5. The first-order valence-electron chi connectivity index (χ1n) is 10.2. The van der Waals surface area contributed by atoms with Crippen molar-refractivity contribution in [2.75, 3.05) is 0 Å². The molecule has 0 amide bonds. The van der Waals surface area contributed by atoms with Crippen molar-refractivity contribution in [1.29, 1.82) is 0 Å². The van der Waals surface area contributed by atoms with Gasteiger partial charge < -0.3 is 9.84 Å². The number of rotatable bonds is 2. The van der Waals surface area contributed by atoms with Crippen LogP contribution in [0.5, 0.6) is 0 Å². The fraction of sp³-hybridized carbons (Fsp3) is 0.458. The molecule has 0 spiro atoms. The third kappa shape index (κ3) is 2.21. The first kappa shape index (κ1) is 15.9. The molecule has 0 radical (unpaired) electrons. The maximum Gasteiger partial charge on any atom is 0.313 e. The average molecular weight is 360 g/mol.